The topological polar surface area (TPSA) is 105 Å². The third-order valence-electron chi connectivity index (χ3n) is 4.15. The van der Waals surface area contributed by atoms with Gasteiger partial charge in [-0.15, -0.1) is 0 Å². The highest BCUT2D eigenvalue weighted by Gasteiger charge is 2.23. The number of hydrogen-bond donors (Lipinski definition) is 2. The highest BCUT2D eigenvalue weighted by atomic mass is 16.6. The molecule has 1 aliphatic carbocycles. The Morgan fingerprint density at radius 2 is 2.18 bits per heavy atom. The SMILES string of the molecule is O=[N+]([O-])c1cnn(C[C@@H](O)CN(CCO)C2CCCCC2)c1. The van der Waals surface area contributed by atoms with Gasteiger partial charge >= 0.3 is 5.69 Å². The Labute approximate surface area is 129 Å². The minimum absolute atomic E-state index is 0.0659. The van der Waals surface area contributed by atoms with Crippen LogP contribution >= 0.6 is 0 Å². The number of aliphatic hydroxyl groups is 2. The molecular weight excluding hydrogens is 288 g/mol. The quantitative estimate of drug-likeness (QED) is 0.543. The Morgan fingerprint density at radius 3 is 2.77 bits per heavy atom. The first-order valence-electron chi connectivity index (χ1n) is 7.80. The first-order valence-corrected chi connectivity index (χ1v) is 7.80. The van der Waals surface area contributed by atoms with Crippen LogP contribution in [0.4, 0.5) is 5.69 Å². The van der Waals surface area contributed by atoms with Crippen LogP contribution in [0.2, 0.25) is 0 Å². The molecule has 0 amide bonds. The van der Waals surface area contributed by atoms with Gasteiger partial charge in [-0.2, -0.15) is 5.10 Å². The van der Waals surface area contributed by atoms with Crippen molar-refractivity contribution in [1.82, 2.24) is 14.7 Å². The van der Waals surface area contributed by atoms with Crippen LogP contribution in [0.3, 0.4) is 0 Å². The van der Waals surface area contributed by atoms with E-state index in [1.165, 1.54) is 36.3 Å². The Morgan fingerprint density at radius 1 is 1.45 bits per heavy atom. The summed E-state index contributed by atoms with van der Waals surface area (Å²) in [6.45, 7) is 1.26. The number of aromatic nitrogens is 2. The smallest absolute Gasteiger partial charge is 0.306 e. The Hall–Kier alpha value is -1.51. The van der Waals surface area contributed by atoms with Gasteiger partial charge < -0.3 is 10.2 Å². The lowest BCUT2D eigenvalue weighted by molar-refractivity contribution is -0.385. The third-order valence-corrected chi connectivity index (χ3v) is 4.15. The van der Waals surface area contributed by atoms with Crippen molar-refractivity contribution in [1.29, 1.82) is 0 Å². The van der Waals surface area contributed by atoms with Crippen LogP contribution in [0.15, 0.2) is 12.4 Å². The van der Waals surface area contributed by atoms with Crippen LogP contribution in [0, 0.1) is 10.1 Å². The molecule has 1 aliphatic rings. The lowest BCUT2D eigenvalue weighted by Gasteiger charge is -2.35. The predicted octanol–water partition coefficient (Wildman–Crippen LogP) is 0.779. The highest BCUT2D eigenvalue weighted by molar-refractivity contribution is 5.20. The van der Waals surface area contributed by atoms with E-state index in [-0.39, 0.29) is 18.8 Å². The molecular formula is C14H24N4O4. The van der Waals surface area contributed by atoms with E-state index in [4.69, 9.17) is 0 Å². The van der Waals surface area contributed by atoms with Crippen molar-refractivity contribution in [3.05, 3.63) is 22.5 Å². The molecule has 8 nitrogen and oxygen atoms in total. The van der Waals surface area contributed by atoms with Gasteiger partial charge in [-0.1, -0.05) is 19.3 Å². The molecule has 0 bridgehead atoms. The summed E-state index contributed by atoms with van der Waals surface area (Å²) >= 11 is 0. The van der Waals surface area contributed by atoms with E-state index in [0.717, 1.165) is 12.8 Å². The summed E-state index contributed by atoms with van der Waals surface area (Å²) in [5.74, 6) is 0. The molecule has 1 aromatic rings. The Balaban J connectivity index is 1.89. The van der Waals surface area contributed by atoms with Gasteiger partial charge in [0.25, 0.3) is 0 Å². The number of aliphatic hydroxyl groups excluding tert-OH is 2. The van der Waals surface area contributed by atoms with Gasteiger partial charge in [0, 0.05) is 19.1 Å². The van der Waals surface area contributed by atoms with Crippen LogP contribution in [0.5, 0.6) is 0 Å². The van der Waals surface area contributed by atoms with Crippen molar-refractivity contribution >= 4 is 5.69 Å². The fraction of sp³-hybridized carbons (Fsp3) is 0.786. The van der Waals surface area contributed by atoms with Crippen molar-refractivity contribution in [2.75, 3.05) is 19.7 Å². The van der Waals surface area contributed by atoms with Crippen molar-refractivity contribution in [3.63, 3.8) is 0 Å². The van der Waals surface area contributed by atoms with Crippen molar-refractivity contribution in [2.24, 2.45) is 0 Å². The van der Waals surface area contributed by atoms with Crippen molar-refractivity contribution < 1.29 is 15.1 Å². The van der Waals surface area contributed by atoms with Gasteiger partial charge in [0.15, 0.2) is 0 Å². The maximum absolute atomic E-state index is 10.6. The van der Waals surface area contributed by atoms with Gasteiger partial charge in [0.2, 0.25) is 0 Å². The summed E-state index contributed by atoms with van der Waals surface area (Å²) in [5, 5.41) is 34.0. The molecule has 0 aliphatic heterocycles. The normalized spacial score (nSPS) is 17.8. The second kappa shape index (κ2) is 8.21. The van der Waals surface area contributed by atoms with E-state index >= 15 is 0 Å². The molecule has 22 heavy (non-hydrogen) atoms. The van der Waals surface area contributed by atoms with Gasteiger partial charge in [-0.3, -0.25) is 19.7 Å². The summed E-state index contributed by atoms with van der Waals surface area (Å²) in [6.07, 6.45) is 7.65. The third kappa shape index (κ3) is 4.75. The molecule has 0 saturated heterocycles. The zero-order chi connectivity index (χ0) is 15.9. The van der Waals surface area contributed by atoms with Gasteiger partial charge in [0.05, 0.1) is 24.2 Å². The lowest BCUT2D eigenvalue weighted by Crippen LogP contribution is -2.44. The molecule has 0 radical (unpaired) electrons. The molecule has 1 saturated carbocycles. The standard InChI is InChI=1S/C14H24N4O4/c19-7-6-16(12-4-2-1-3-5-12)10-14(20)11-17-9-13(8-15-17)18(21)22/h8-9,12,14,19-20H,1-7,10-11H2/t14-/m0/s1. The minimum atomic E-state index is -0.673. The van der Waals surface area contributed by atoms with Gasteiger partial charge in [-0.05, 0) is 12.8 Å². The van der Waals surface area contributed by atoms with E-state index < -0.39 is 11.0 Å². The summed E-state index contributed by atoms with van der Waals surface area (Å²) in [6, 6.07) is 0.405. The zero-order valence-electron chi connectivity index (χ0n) is 12.7. The van der Waals surface area contributed by atoms with E-state index in [1.54, 1.807) is 0 Å². The zero-order valence-corrected chi connectivity index (χ0v) is 12.7. The summed E-state index contributed by atoms with van der Waals surface area (Å²) in [5.41, 5.74) is -0.0771. The Kier molecular flexibility index (Phi) is 6.29. The molecule has 2 N–H and O–H groups in total. The molecule has 2 rings (SSSR count). The maximum Gasteiger partial charge on any atom is 0.306 e. The lowest BCUT2D eigenvalue weighted by atomic mass is 9.94. The second-order valence-electron chi connectivity index (χ2n) is 5.84. The molecule has 1 atom stereocenters. The summed E-state index contributed by atoms with van der Waals surface area (Å²) in [7, 11) is 0. The summed E-state index contributed by atoms with van der Waals surface area (Å²) < 4.78 is 1.39. The van der Waals surface area contributed by atoms with E-state index in [9.17, 15) is 20.3 Å². The average molecular weight is 312 g/mol. The van der Waals surface area contributed by atoms with Crippen LogP contribution in [0.1, 0.15) is 32.1 Å². The largest absolute Gasteiger partial charge is 0.395 e. The van der Waals surface area contributed by atoms with Crippen LogP contribution in [-0.4, -0.2) is 61.7 Å². The first-order chi connectivity index (χ1) is 10.6. The fourth-order valence-corrected chi connectivity index (χ4v) is 3.09. The minimum Gasteiger partial charge on any atom is -0.395 e. The molecule has 0 spiro atoms. The highest BCUT2D eigenvalue weighted by Crippen LogP contribution is 2.22. The molecule has 124 valence electrons. The summed E-state index contributed by atoms with van der Waals surface area (Å²) in [4.78, 5) is 12.2. The predicted molar refractivity (Wildman–Crippen MR) is 80.4 cm³/mol. The molecule has 0 unspecified atom stereocenters. The second-order valence-corrected chi connectivity index (χ2v) is 5.84. The van der Waals surface area contributed by atoms with Crippen molar-refractivity contribution in [3.8, 4) is 0 Å². The number of nitro groups is 1. The van der Waals surface area contributed by atoms with Crippen LogP contribution in [-0.2, 0) is 6.54 Å². The molecule has 1 heterocycles. The van der Waals surface area contributed by atoms with Crippen LogP contribution in [0.25, 0.3) is 0 Å². The van der Waals surface area contributed by atoms with Gasteiger partial charge in [0.1, 0.15) is 12.4 Å². The molecule has 1 aromatic heterocycles. The molecule has 8 heteroatoms. The number of nitrogens with zero attached hydrogens (tertiary/aromatic N) is 4. The maximum atomic E-state index is 10.6. The van der Waals surface area contributed by atoms with Crippen LogP contribution < -0.4 is 0 Å². The molecule has 0 aromatic carbocycles. The number of rotatable bonds is 8. The van der Waals surface area contributed by atoms with E-state index in [0.29, 0.717) is 19.1 Å². The Bertz CT molecular complexity index is 473. The van der Waals surface area contributed by atoms with E-state index in [2.05, 4.69) is 10.00 Å². The van der Waals surface area contributed by atoms with E-state index in [1.807, 2.05) is 0 Å². The molecule has 1 fully saturated rings. The fourth-order valence-electron chi connectivity index (χ4n) is 3.09. The van der Waals surface area contributed by atoms with Gasteiger partial charge in [-0.25, -0.2) is 0 Å². The first kappa shape index (κ1) is 16.9. The average Bonchev–Trinajstić information content (AvgIpc) is 2.96. The van der Waals surface area contributed by atoms with Crippen molar-refractivity contribution in [2.45, 2.75) is 50.8 Å². The monoisotopic (exact) mass is 312 g/mol. The number of hydrogen-bond acceptors (Lipinski definition) is 6.